The first-order valence-electron chi connectivity index (χ1n) is 10.9. The number of aromatic nitrogens is 4. The van der Waals surface area contributed by atoms with Gasteiger partial charge in [0.25, 0.3) is 10.1 Å². The first-order chi connectivity index (χ1) is 16.1. The van der Waals surface area contributed by atoms with Crippen LogP contribution in [-0.2, 0) is 10.1 Å². The molecule has 0 spiro atoms. The molecule has 2 fully saturated rings. The predicted molar refractivity (Wildman–Crippen MR) is 136 cm³/mol. The molecule has 9 nitrogen and oxygen atoms in total. The standard InChI is InChI=1S/C21H21ClN6S.CH4O3S/c1-10-26-16-5-4-14(18(22)20(16)29-10)15-8-25-21-19(15)24-9-17(27-21)28-12-2-3-13(28)7-11(23)6-12;1-5(2,3)4/h4-5,8-9,11-13H,2-3,6-7,23H2,1H3,(H,25,27);1H3,(H,2,3,4). The molecule has 3 aromatic heterocycles. The van der Waals surface area contributed by atoms with E-state index >= 15 is 0 Å². The van der Waals surface area contributed by atoms with E-state index in [9.17, 15) is 8.42 Å². The van der Waals surface area contributed by atoms with Gasteiger partial charge >= 0.3 is 0 Å². The number of nitrogens with one attached hydrogen (secondary N) is 1. The SMILES string of the molecule is CS(=O)(=O)O.Cc1nc2ccc(-c3c[nH]c4nc(N5C6CCC5CC(N)C6)cnc34)c(Cl)c2s1. The van der Waals surface area contributed by atoms with Crippen molar-refractivity contribution in [3.8, 4) is 11.1 Å². The normalized spacial score (nSPS) is 22.3. The number of nitrogens with zero attached hydrogens (tertiary/aromatic N) is 4. The van der Waals surface area contributed by atoms with Gasteiger partial charge in [-0.15, -0.1) is 11.3 Å². The second-order valence-electron chi connectivity index (χ2n) is 8.89. The Bertz CT molecular complexity index is 1460. The molecule has 4 aromatic rings. The number of H-pyrrole nitrogens is 1. The van der Waals surface area contributed by atoms with Crippen molar-refractivity contribution < 1.29 is 13.0 Å². The van der Waals surface area contributed by atoms with Gasteiger partial charge in [-0.05, 0) is 38.7 Å². The number of halogens is 1. The fourth-order valence-electron chi connectivity index (χ4n) is 5.09. The zero-order valence-electron chi connectivity index (χ0n) is 18.7. The second kappa shape index (κ2) is 8.72. The molecular formula is C22H25ClN6O3S2. The number of hydrogen-bond acceptors (Lipinski definition) is 8. The predicted octanol–water partition coefficient (Wildman–Crippen LogP) is 4.16. The van der Waals surface area contributed by atoms with Gasteiger partial charge in [0, 0.05) is 35.4 Å². The highest BCUT2D eigenvalue weighted by Gasteiger charge is 2.40. The maximum atomic E-state index is 9.19. The van der Waals surface area contributed by atoms with Gasteiger partial charge in [0.15, 0.2) is 5.65 Å². The Morgan fingerprint density at radius 3 is 2.56 bits per heavy atom. The van der Waals surface area contributed by atoms with E-state index in [1.165, 1.54) is 12.8 Å². The maximum Gasteiger partial charge on any atom is 0.261 e. The first kappa shape index (κ1) is 23.4. The highest BCUT2D eigenvalue weighted by atomic mass is 35.5. The minimum absolute atomic E-state index is 0.310. The minimum atomic E-state index is -3.67. The van der Waals surface area contributed by atoms with Crippen molar-refractivity contribution in [2.75, 3.05) is 11.2 Å². The molecule has 2 atom stereocenters. The number of nitrogens with two attached hydrogens (primary N) is 1. The number of anilines is 1. The van der Waals surface area contributed by atoms with Gasteiger partial charge < -0.3 is 15.6 Å². The van der Waals surface area contributed by atoms with Crippen LogP contribution in [0.5, 0.6) is 0 Å². The molecule has 0 amide bonds. The van der Waals surface area contributed by atoms with Crippen LogP contribution >= 0.6 is 22.9 Å². The van der Waals surface area contributed by atoms with E-state index in [1.807, 2.05) is 31.5 Å². The second-order valence-corrected chi connectivity index (χ2v) is 11.9. The van der Waals surface area contributed by atoms with Crippen molar-refractivity contribution in [1.82, 2.24) is 19.9 Å². The lowest BCUT2D eigenvalue weighted by atomic mass is 9.98. The minimum Gasteiger partial charge on any atom is -0.349 e. The molecule has 180 valence electrons. The number of aromatic amines is 1. The van der Waals surface area contributed by atoms with Gasteiger partial charge in [-0.1, -0.05) is 17.7 Å². The highest BCUT2D eigenvalue weighted by molar-refractivity contribution is 7.85. The van der Waals surface area contributed by atoms with Crippen LogP contribution in [0, 0.1) is 6.92 Å². The van der Waals surface area contributed by atoms with Crippen LogP contribution in [0.2, 0.25) is 5.02 Å². The average molecular weight is 521 g/mol. The Morgan fingerprint density at radius 1 is 1.21 bits per heavy atom. The molecule has 6 rings (SSSR count). The fraction of sp³-hybridized carbons (Fsp3) is 0.409. The van der Waals surface area contributed by atoms with Gasteiger partial charge in [0.1, 0.15) is 11.3 Å². The Kier molecular flexibility index (Phi) is 6.01. The van der Waals surface area contributed by atoms with Crippen LogP contribution in [-0.4, -0.2) is 57.3 Å². The molecule has 2 bridgehead atoms. The number of aryl methyl sites for hydroxylation is 1. The topological polar surface area (TPSA) is 138 Å². The molecule has 0 saturated carbocycles. The third-order valence-electron chi connectivity index (χ3n) is 6.30. The summed E-state index contributed by atoms with van der Waals surface area (Å²) in [5.41, 5.74) is 10.7. The number of hydrogen-bond donors (Lipinski definition) is 3. The highest BCUT2D eigenvalue weighted by Crippen LogP contribution is 2.41. The largest absolute Gasteiger partial charge is 0.349 e. The lowest BCUT2D eigenvalue weighted by Gasteiger charge is -2.38. The molecule has 34 heavy (non-hydrogen) atoms. The first-order valence-corrected chi connectivity index (χ1v) is 14.0. The van der Waals surface area contributed by atoms with Crippen molar-refractivity contribution in [3.63, 3.8) is 0 Å². The summed E-state index contributed by atoms with van der Waals surface area (Å²) < 4.78 is 26.9. The molecule has 1 aromatic carbocycles. The maximum absolute atomic E-state index is 9.19. The molecule has 2 unspecified atom stereocenters. The zero-order valence-corrected chi connectivity index (χ0v) is 21.1. The summed E-state index contributed by atoms with van der Waals surface area (Å²) >= 11 is 8.37. The summed E-state index contributed by atoms with van der Waals surface area (Å²) in [6.45, 7) is 2.00. The molecular weight excluding hydrogens is 496 g/mol. The van der Waals surface area contributed by atoms with Crippen molar-refractivity contribution in [2.45, 2.75) is 50.7 Å². The molecule has 4 N–H and O–H groups in total. The molecule has 2 aliphatic rings. The van der Waals surface area contributed by atoms with Gasteiger partial charge in [-0.2, -0.15) is 8.42 Å². The van der Waals surface area contributed by atoms with Crippen LogP contribution in [0.15, 0.2) is 24.5 Å². The summed E-state index contributed by atoms with van der Waals surface area (Å²) in [5.74, 6) is 0.949. The number of fused-ring (bicyclic) bond motifs is 4. The lowest BCUT2D eigenvalue weighted by Crippen LogP contribution is -2.47. The van der Waals surface area contributed by atoms with Gasteiger partial charge in [0.2, 0.25) is 0 Å². The number of piperidine rings is 1. The molecule has 2 aliphatic heterocycles. The van der Waals surface area contributed by atoms with Crippen molar-refractivity contribution in [1.29, 1.82) is 0 Å². The Morgan fingerprint density at radius 2 is 1.88 bits per heavy atom. The zero-order chi connectivity index (χ0) is 24.2. The Balaban J connectivity index is 0.000000439. The summed E-state index contributed by atoms with van der Waals surface area (Å²) in [4.78, 5) is 20.0. The van der Waals surface area contributed by atoms with E-state index in [-0.39, 0.29) is 0 Å². The van der Waals surface area contributed by atoms with Gasteiger partial charge in [0.05, 0.1) is 32.7 Å². The van der Waals surface area contributed by atoms with Crippen LogP contribution in [0.1, 0.15) is 30.7 Å². The van der Waals surface area contributed by atoms with Crippen molar-refractivity contribution in [2.24, 2.45) is 5.73 Å². The Labute approximate surface area is 206 Å². The van der Waals surface area contributed by atoms with Crippen LogP contribution in [0.3, 0.4) is 0 Å². The van der Waals surface area contributed by atoms with Crippen molar-refractivity contribution in [3.05, 3.63) is 34.6 Å². The summed E-state index contributed by atoms with van der Waals surface area (Å²) in [6, 6.07) is 5.32. The summed E-state index contributed by atoms with van der Waals surface area (Å²) in [6.07, 6.45) is 9.04. The van der Waals surface area contributed by atoms with Crippen LogP contribution in [0.25, 0.3) is 32.5 Å². The van der Waals surface area contributed by atoms with Gasteiger partial charge in [-0.3, -0.25) is 4.55 Å². The summed E-state index contributed by atoms with van der Waals surface area (Å²) in [7, 11) is -3.67. The number of thiazole rings is 1. The molecule has 0 radical (unpaired) electrons. The molecule has 2 saturated heterocycles. The number of benzene rings is 1. The van der Waals surface area contributed by atoms with E-state index in [0.29, 0.717) is 24.4 Å². The third kappa shape index (κ3) is 4.50. The monoisotopic (exact) mass is 520 g/mol. The van der Waals surface area contributed by atoms with Crippen LogP contribution in [0.4, 0.5) is 5.82 Å². The lowest BCUT2D eigenvalue weighted by molar-refractivity contribution is 0.412. The van der Waals surface area contributed by atoms with E-state index in [2.05, 4.69) is 14.9 Å². The van der Waals surface area contributed by atoms with Gasteiger partial charge in [-0.25, -0.2) is 15.0 Å². The molecule has 12 heteroatoms. The molecule has 5 heterocycles. The van der Waals surface area contributed by atoms with E-state index in [4.69, 9.17) is 31.9 Å². The third-order valence-corrected chi connectivity index (χ3v) is 7.81. The molecule has 0 aliphatic carbocycles. The fourth-order valence-corrected chi connectivity index (χ4v) is 6.32. The van der Waals surface area contributed by atoms with E-state index < -0.39 is 10.1 Å². The van der Waals surface area contributed by atoms with Crippen LogP contribution < -0.4 is 10.6 Å². The van der Waals surface area contributed by atoms with E-state index in [0.717, 1.165) is 61.2 Å². The van der Waals surface area contributed by atoms with Crippen molar-refractivity contribution >= 4 is 60.3 Å². The Hall–Kier alpha value is -2.31. The smallest absolute Gasteiger partial charge is 0.261 e. The van der Waals surface area contributed by atoms with E-state index in [1.54, 1.807) is 11.3 Å². The average Bonchev–Trinajstić information content (AvgIpc) is 3.41. The number of rotatable bonds is 2. The quantitative estimate of drug-likeness (QED) is 0.335. The summed E-state index contributed by atoms with van der Waals surface area (Å²) in [5, 5.41) is 1.74.